The summed E-state index contributed by atoms with van der Waals surface area (Å²) >= 11 is 0. The van der Waals surface area contributed by atoms with Gasteiger partial charge in [-0.2, -0.15) is 5.10 Å². The lowest BCUT2D eigenvalue weighted by atomic mass is 10.1. The summed E-state index contributed by atoms with van der Waals surface area (Å²) in [5.74, 6) is -0.402. The Bertz CT molecular complexity index is 973. The Morgan fingerprint density at radius 2 is 2.21 bits per heavy atom. The fourth-order valence-corrected chi connectivity index (χ4v) is 3.27. The largest absolute Gasteiger partial charge is 0.382 e. The van der Waals surface area contributed by atoms with Crippen molar-refractivity contribution in [2.75, 3.05) is 29.0 Å². The fraction of sp³-hybridized carbons (Fsp3) is 0.278. The first-order chi connectivity index (χ1) is 13.6. The molecule has 0 aliphatic carbocycles. The maximum absolute atomic E-state index is 12.9. The summed E-state index contributed by atoms with van der Waals surface area (Å²) in [6.45, 7) is 1.60. The molecule has 1 aliphatic heterocycles. The van der Waals surface area contributed by atoms with Crippen LogP contribution in [-0.2, 0) is 0 Å². The van der Waals surface area contributed by atoms with Crippen molar-refractivity contribution in [3.8, 4) is 11.3 Å². The van der Waals surface area contributed by atoms with Crippen molar-refractivity contribution in [2.24, 2.45) is 5.73 Å². The van der Waals surface area contributed by atoms with Crippen LogP contribution in [0, 0.1) is 0 Å². The van der Waals surface area contributed by atoms with E-state index in [0.29, 0.717) is 16.9 Å². The molecular weight excluding hydrogens is 358 g/mol. The van der Waals surface area contributed by atoms with E-state index < -0.39 is 5.91 Å². The van der Waals surface area contributed by atoms with Gasteiger partial charge in [-0.25, -0.2) is 9.97 Å². The molecule has 1 aliphatic rings. The van der Waals surface area contributed by atoms with Crippen LogP contribution in [0.1, 0.15) is 23.3 Å². The molecule has 1 amide bonds. The highest BCUT2D eigenvalue weighted by Gasteiger charge is 2.22. The van der Waals surface area contributed by atoms with E-state index in [-0.39, 0.29) is 17.6 Å². The molecule has 1 unspecified atom stereocenters. The molecule has 1 fully saturated rings. The third kappa shape index (κ3) is 3.62. The highest BCUT2D eigenvalue weighted by molar-refractivity contribution is 6.07. The zero-order valence-corrected chi connectivity index (χ0v) is 15.2. The van der Waals surface area contributed by atoms with Gasteiger partial charge in [-0.15, -0.1) is 0 Å². The summed E-state index contributed by atoms with van der Waals surface area (Å²) in [5, 5.41) is 9.45. The molecule has 0 bridgehead atoms. The first-order valence-corrected chi connectivity index (χ1v) is 8.99. The Morgan fingerprint density at radius 1 is 1.32 bits per heavy atom. The predicted molar refractivity (Wildman–Crippen MR) is 106 cm³/mol. The number of carbonyl (C=O) groups is 1. The Balaban J connectivity index is 1.60. The van der Waals surface area contributed by atoms with E-state index in [4.69, 9.17) is 11.5 Å². The van der Waals surface area contributed by atoms with Crippen LogP contribution in [0.2, 0.25) is 0 Å². The highest BCUT2D eigenvalue weighted by Crippen LogP contribution is 2.28. The highest BCUT2D eigenvalue weighted by atomic mass is 16.1. The van der Waals surface area contributed by atoms with Crippen LogP contribution in [0.3, 0.4) is 0 Å². The van der Waals surface area contributed by atoms with Gasteiger partial charge in [-0.3, -0.25) is 14.9 Å². The van der Waals surface area contributed by atoms with Gasteiger partial charge in [0.1, 0.15) is 0 Å². The van der Waals surface area contributed by atoms with Crippen LogP contribution >= 0.6 is 0 Å². The minimum atomic E-state index is -0.453. The number of pyridine rings is 1. The van der Waals surface area contributed by atoms with Crippen molar-refractivity contribution in [2.45, 2.75) is 18.9 Å². The molecule has 144 valence electrons. The number of nitrogens with two attached hydrogens (primary N) is 2. The maximum Gasteiger partial charge on any atom is 0.278 e. The Kier molecular flexibility index (Phi) is 4.85. The Morgan fingerprint density at radius 3 is 3.00 bits per heavy atom. The molecule has 4 heterocycles. The molecule has 0 radical (unpaired) electrons. The molecule has 4 rings (SSSR count). The van der Waals surface area contributed by atoms with E-state index in [9.17, 15) is 4.79 Å². The van der Waals surface area contributed by atoms with Crippen molar-refractivity contribution < 1.29 is 4.79 Å². The summed E-state index contributed by atoms with van der Waals surface area (Å²) in [7, 11) is 0. The van der Waals surface area contributed by atoms with Crippen molar-refractivity contribution >= 4 is 23.1 Å². The van der Waals surface area contributed by atoms with Gasteiger partial charge >= 0.3 is 0 Å². The fourth-order valence-electron chi connectivity index (χ4n) is 3.27. The number of nitrogens with one attached hydrogen (secondary N) is 2. The molecule has 1 atom stereocenters. The summed E-state index contributed by atoms with van der Waals surface area (Å²) in [6.07, 6.45) is 10.1. The lowest BCUT2D eigenvalue weighted by Crippen LogP contribution is -2.43. The van der Waals surface area contributed by atoms with Gasteiger partial charge in [-0.1, -0.05) is 0 Å². The van der Waals surface area contributed by atoms with Gasteiger partial charge in [0.05, 0.1) is 35.7 Å². The van der Waals surface area contributed by atoms with Crippen LogP contribution in [0.25, 0.3) is 11.3 Å². The standard InChI is InChI=1S/C18H21N9O/c19-12-2-1-5-27(10-12)15-3-4-21-8-14(15)26-18(28)16-17(20)22-9-13(25-16)11-6-23-24-7-11/h3-4,6-9,12H,1-2,5,10,19H2,(H2,20,22)(H,23,24)(H,26,28). The first-order valence-electron chi connectivity index (χ1n) is 8.99. The normalized spacial score (nSPS) is 16.8. The van der Waals surface area contributed by atoms with Crippen molar-refractivity contribution in [1.29, 1.82) is 0 Å². The van der Waals surface area contributed by atoms with Crippen molar-refractivity contribution in [3.05, 3.63) is 42.7 Å². The molecule has 10 heteroatoms. The molecule has 10 nitrogen and oxygen atoms in total. The lowest BCUT2D eigenvalue weighted by Gasteiger charge is -2.33. The number of carbonyl (C=O) groups excluding carboxylic acids is 1. The zero-order valence-electron chi connectivity index (χ0n) is 15.2. The molecule has 0 saturated carbocycles. The van der Waals surface area contributed by atoms with Gasteiger partial charge < -0.3 is 21.7 Å². The molecule has 0 spiro atoms. The second kappa shape index (κ2) is 7.61. The van der Waals surface area contributed by atoms with Gasteiger partial charge in [0.25, 0.3) is 5.91 Å². The van der Waals surface area contributed by atoms with E-state index >= 15 is 0 Å². The van der Waals surface area contributed by atoms with Crippen LogP contribution in [0.4, 0.5) is 17.2 Å². The second-order valence-electron chi connectivity index (χ2n) is 6.67. The number of piperidine rings is 1. The van der Waals surface area contributed by atoms with Crippen LogP contribution in [-0.4, -0.2) is 50.2 Å². The van der Waals surface area contributed by atoms with Gasteiger partial charge in [0, 0.05) is 37.1 Å². The molecule has 3 aromatic heterocycles. The molecular formula is C18H21N9O. The van der Waals surface area contributed by atoms with Crippen molar-refractivity contribution in [3.63, 3.8) is 0 Å². The van der Waals surface area contributed by atoms with Crippen LogP contribution < -0.4 is 21.7 Å². The second-order valence-corrected chi connectivity index (χ2v) is 6.67. The minimum Gasteiger partial charge on any atom is -0.382 e. The summed E-state index contributed by atoms with van der Waals surface area (Å²) < 4.78 is 0. The number of hydrogen-bond acceptors (Lipinski definition) is 8. The summed E-state index contributed by atoms with van der Waals surface area (Å²) in [6, 6.07) is 1.98. The topological polar surface area (TPSA) is 152 Å². The average Bonchev–Trinajstić information content (AvgIpc) is 3.23. The van der Waals surface area contributed by atoms with E-state index in [2.05, 4.69) is 35.4 Å². The van der Waals surface area contributed by atoms with E-state index in [0.717, 1.165) is 31.6 Å². The minimum absolute atomic E-state index is 0.0452. The maximum atomic E-state index is 12.9. The van der Waals surface area contributed by atoms with Gasteiger partial charge in [0.2, 0.25) is 0 Å². The molecule has 3 aromatic rings. The number of nitrogen functional groups attached to an aromatic ring is 1. The summed E-state index contributed by atoms with van der Waals surface area (Å²) in [4.78, 5) is 27.6. The van der Waals surface area contributed by atoms with Gasteiger partial charge in [-0.05, 0) is 18.9 Å². The lowest BCUT2D eigenvalue weighted by molar-refractivity contribution is 0.102. The number of anilines is 3. The predicted octanol–water partition coefficient (Wildman–Crippen LogP) is 1.02. The molecule has 1 saturated heterocycles. The molecule has 6 N–H and O–H groups in total. The number of aromatic nitrogens is 5. The van der Waals surface area contributed by atoms with Gasteiger partial charge in [0.15, 0.2) is 11.5 Å². The average molecular weight is 379 g/mol. The zero-order chi connectivity index (χ0) is 19.5. The van der Waals surface area contributed by atoms with E-state index in [1.165, 1.54) is 6.20 Å². The van der Waals surface area contributed by atoms with Crippen LogP contribution in [0.15, 0.2) is 37.1 Å². The smallest absolute Gasteiger partial charge is 0.278 e. The molecule has 0 aromatic carbocycles. The number of aromatic amines is 1. The first kappa shape index (κ1) is 17.9. The number of H-pyrrole nitrogens is 1. The van der Waals surface area contributed by atoms with E-state index in [1.54, 1.807) is 24.8 Å². The van der Waals surface area contributed by atoms with E-state index in [1.807, 2.05) is 6.07 Å². The summed E-state index contributed by atoms with van der Waals surface area (Å²) in [5.41, 5.74) is 14.7. The number of nitrogens with zero attached hydrogens (tertiary/aromatic N) is 5. The number of amides is 1. The third-order valence-electron chi connectivity index (χ3n) is 4.65. The quantitative estimate of drug-likeness (QED) is 0.524. The third-order valence-corrected chi connectivity index (χ3v) is 4.65. The van der Waals surface area contributed by atoms with Crippen LogP contribution in [0.5, 0.6) is 0 Å². The van der Waals surface area contributed by atoms with Crippen molar-refractivity contribution in [1.82, 2.24) is 25.1 Å². The Hall–Kier alpha value is -3.53. The Labute approximate surface area is 161 Å². The molecule has 28 heavy (non-hydrogen) atoms. The number of rotatable bonds is 4. The SMILES string of the molecule is Nc1ncc(-c2cn[nH]c2)nc1C(=O)Nc1cnccc1N1CCCC(N)C1. The monoisotopic (exact) mass is 379 g/mol. The number of hydrogen-bond donors (Lipinski definition) is 4.